The van der Waals surface area contributed by atoms with E-state index >= 15 is 0 Å². The molecule has 2 aromatic carbocycles. The summed E-state index contributed by atoms with van der Waals surface area (Å²) in [7, 11) is 1.95. The Balaban J connectivity index is 1.66. The molecule has 42 heavy (non-hydrogen) atoms. The fourth-order valence-corrected chi connectivity index (χ4v) is 5.33. The second kappa shape index (κ2) is 12.5. The summed E-state index contributed by atoms with van der Waals surface area (Å²) in [6.07, 6.45) is -6.53. The van der Waals surface area contributed by atoms with Crippen LogP contribution in [0.5, 0.6) is 0 Å². The summed E-state index contributed by atoms with van der Waals surface area (Å²) in [5, 5.41) is 3.21. The maximum Gasteiger partial charge on any atom is 0.416 e. The molecule has 1 atom stereocenters. The number of aryl methyl sites for hydroxylation is 2. The van der Waals surface area contributed by atoms with Gasteiger partial charge in [-0.25, -0.2) is 0 Å². The number of ketones is 1. The van der Waals surface area contributed by atoms with E-state index in [1.807, 2.05) is 56.1 Å². The van der Waals surface area contributed by atoms with Crippen molar-refractivity contribution < 1.29 is 31.1 Å². The number of carbonyl (C=O) groups is 1. The van der Waals surface area contributed by atoms with Crippen molar-refractivity contribution in [3.8, 4) is 0 Å². The standard InChI is InChI=1S/C31H34F6N4O/c1-21-6-7-23(13-22(21)2)17-29(28(42)25-14-26(30(32,33)34)16-27(15-25)31(35,36)37)20-41(10-9-39-29)12-11-40(3)19-24-5-4-8-38-18-24/h4-8,13-16,18,39H,9-12,17,19-20H2,1-3H3/t29-/m1/s1. The Kier molecular flexibility index (Phi) is 9.44. The molecule has 1 aliphatic rings. The van der Waals surface area contributed by atoms with E-state index in [2.05, 4.69) is 15.2 Å². The summed E-state index contributed by atoms with van der Waals surface area (Å²) in [6.45, 7) is 6.71. The van der Waals surface area contributed by atoms with Gasteiger partial charge in [0.1, 0.15) is 0 Å². The molecule has 0 bridgehead atoms. The van der Waals surface area contributed by atoms with Crippen molar-refractivity contribution >= 4 is 5.78 Å². The summed E-state index contributed by atoms with van der Waals surface area (Å²) in [5.41, 5.74) is -1.28. The number of Topliss-reactive ketones (excluding diaryl/α,β-unsaturated/α-hetero) is 1. The van der Waals surface area contributed by atoms with Crippen molar-refractivity contribution in [2.75, 3.05) is 39.8 Å². The normalized spacial score (nSPS) is 18.4. The van der Waals surface area contributed by atoms with Gasteiger partial charge in [0.25, 0.3) is 0 Å². The third-order valence-corrected chi connectivity index (χ3v) is 7.72. The van der Waals surface area contributed by atoms with Gasteiger partial charge in [-0.05, 0) is 73.8 Å². The predicted octanol–water partition coefficient (Wildman–Crippen LogP) is 5.94. The van der Waals surface area contributed by atoms with Gasteiger partial charge in [0.15, 0.2) is 5.78 Å². The van der Waals surface area contributed by atoms with E-state index in [0.717, 1.165) is 22.3 Å². The molecule has 0 spiro atoms. The van der Waals surface area contributed by atoms with Crippen LogP contribution in [-0.2, 0) is 25.3 Å². The highest BCUT2D eigenvalue weighted by atomic mass is 19.4. The fourth-order valence-electron chi connectivity index (χ4n) is 5.33. The van der Waals surface area contributed by atoms with Crippen LogP contribution in [0.3, 0.4) is 0 Å². The molecule has 3 aromatic rings. The van der Waals surface area contributed by atoms with Crippen molar-refractivity contribution in [2.24, 2.45) is 0 Å². The van der Waals surface area contributed by atoms with Gasteiger partial charge in [0.2, 0.25) is 0 Å². The summed E-state index contributed by atoms with van der Waals surface area (Å²) in [5.74, 6) is -0.800. The lowest BCUT2D eigenvalue weighted by Crippen LogP contribution is -2.66. The third kappa shape index (κ3) is 7.76. The van der Waals surface area contributed by atoms with Crippen LogP contribution in [-0.4, -0.2) is 65.9 Å². The topological polar surface area (TPSA) is 48.5 Å². The first-order valence-electron chi connectivity index (χ1n) is 13.6. The number of piperazine rings is 1. The highest BCUT2D eigenvalue weighted by Crippen LogP contribution is 2.37. The average Bonchev–Trinajstić information content (AvgIpc) is 2.93. The van der Waals surface area contributed by atoms with E-state index in [-0.39, 0.29) is 19.0 Å². The molecular formula is C31H34F6N4O. The van der Waals surface area contributed by atoms with Crippen molar-refractivity contribution in [3.63, 3.8) is 0 Å². The minimum absolute atomic E-state index is 0.0471. The smallest absolute Gasteiger partial charge is 0.302 e. The van der Waals surface area contributed by atoms with E-state index in [1.165, 1.54) is 0 Å². The second-order valence-corrected chi connectivity index (χ2v) is 11.1. The quantitative estimate of drug-likeness (QED) is 0.246. The number of pyridine rings is 1. The number of nitrogens with one attached hydrogen (secondary N) is 1. The fraction of sp³-hybridized carbons (Fsp3) is 0.419. The number of alkyl halides is 6. The van der Waals surface area contributed by atoms with Crippen LogP contribution in [0.15, 0.2) is 60.9 Å². The summed E-state index contributed by atoms with van der Waals surface area (Å²) in [4.78, 5) is 22.4. The van der Waals surface area contributed by atoms with Crippen LogP contribution in [0.25, 0.3) is 0 Å². The number of nitrogens with zero attached hydrogens (tertiary/aromatic N) is 3. The molecule has 1 aliphatic heterocycles. The molecule has 4 rings (SSSR count). The van der Waals surface area contributed by atoms with E-state index in [4.69, 9.17) is 0 Å². The number of hydrogen-bond donors (Lipinski definition) is 1. The molecule has 0 aliphatic carbocycles. The largest absolute Gasteiger partial charge is 0.416 e. The van der Waals surface area contributed by atoms with E-state index in [1.54, 1.807) is 12.4 Å². The van der Waals surface area contributed by atoms with Crippen molar-refractivity contribution in [1.29, 1.82) is 0 Å². The lowest BCUT2D eigenvalue weighted by atomic mass is 9.80. The zero-order valence-corrected chi connectivity index (χ0v) is 23.7. The average molecular weight is 593 g/mol. The lowest BCUT2D eigenvalue weighted by Gasteiger charge is -2.43. The molecule has 11 heteroatoms. The van der Waals surface area contributed by atoms with Crippen molar-refractivity contribution in [3.05, 3.63) is 99.9 Å². The zero-order valence-electron chi connectivity index (χ0n) is 23.7. The Morgan fingerprint density at radius 3 is 2.26 bits per heavy atom. The first kappa shape index (κ1) is 31.7. The SMILES string of the molecule is Cc1ccc(C[C@]2(C(=O)c3cc(C(F)(F)F)cc(C(F)(F)F)c3)CN(CCN(C)Cc3cccnc3)CCN2)cc1C. The Morgan fingerprint density at radius 1 is 0.976 bits per heavy atom. The van der Waals surface area contributed by atoms with Crippen LogP contribution in [0, 0.1) is 13.8 Å². The van der Waals surface area contributed by atoms with Gasteiger partial charge in [-0.1, -0.05) is 24.3 Å². The number of halogens is 6. The molecule has 0 unspecified atom stereocenters. The highest BCUT2D eigenvalue weighted by molar-refractivity contribution is 6.04. The van der Waals surface area contributed by atoms with E-state index in [9.17, 15) is 31.1 Å². The van der Waals surface area contributed by atoms with Crippen molar-refractivity contribution in [2.45, 2.75) is 44.7 Å². The predicted molar refractivity (Wildman–Crippen MR) is 148 cm³/mol. The molecule has 1 saturated heterocycles. The maximum absolute atomic E-state index is 14.1. The van der Waals surface area contributed by atoms with Gasteiger partial charge in [-0.2, -0.15) is 26.3 Å². The van der Waals surface area contributed by atoms with Gasteiger partial charge >= 0.3 is 12.4 Å². The van der Waals surface area contributed by atoms with Gasteiger partial charge in [0, 0.05) is 57.2 Å². The Bertz CT molecular complexity index is 1360. The molecule has 1 fully saturated rings. The molecular weight excluding hydrogens is 558 g/mol. The number of carbonyl (C=O) groups excluding carboxylic acids is 1. The maximum atomic E-state index is 14.1. The molecule has 5 nitrogen and oxygen atoms in total. The van der Waals surface area contributed by atoms with Crippen LogP contribution in [0.4, 0.5) is 26.3 Å². The van der Waals surface area contributed by atoms with Crippen molar-refractivity contribution in [1.82, 2.24) is 20.1 Å². The Hall–Kier alpha value is -3.28. The van der Waals surface area contributed by atoms with Gasteiger partial charge in [-0.15, -0.1) is 0 Å². The molecule has 1 aromatic heterocycles. The molecule has 226 valence electrons. The van der Waals surface area contributed by atoms with Gasteiger partial charge in [-0.3, -0.25) is 14.7 Å². The summed E-state index contributed by atoms with van der Waals surface area (Å²) >= 11 is 0. The van der Waals surface area contributed by atoms with E-state index in [0.29, 0.717) is 44.9 Å². The number of likely N-dealkylation sites (N-methyl/N-ethyl adjacent to an activating group) is 1. The second-order valence-electron chi connectivity index (χ2n) is 11.1. The first-order valence-corrected chi connectivity index (χ1v) is 13.6. The Labute approximate surface area is 241 Å². The highest BCUT2D eigenvalue weighted by Gasteiger charge is 2.44. The molecule has 1 N–H and O–H groups in total. The lowest BCUT2D eigenvalue weighted by molar-refractivity contribution is -0.143. The first-order chi connectivity index (χ1) is 19.7. The monoisotopic (exact) mass is 592 g/mol. The van der Waals surface area contributed by atoms with Crippen LogP contribution < -0.4 is 5.32 Å². The molecule has 0 radical (unpaired) electrons. The zero-order chi connectivity index (χ0) is 30.7. The van der Waals surface area contributed by atoms with Gasteiger partial charge < -0.3 is 10.2 Å². The Morgan fingerprint density at radius 2 is 1.67 bits per heavy atom. The molecule has 0 saturated carbocycles. The number of hydrogen-bond acceptors (Lipinski definition) is 5. The van der Waals surface area contributed by atoms with E-state index < -0.39 is 40.4 Å². The minimum Gasteiger partial charge on any atom is -0.302 e. The molecule has 2 heterocycles. The number of aromatic nitrogens is 1. The number of benzene rings is 2. The minimum atomic E-state index is -5.05. The summed E-state index contributed by atoms with van der Waals surface area (Å²) < 4.78 is 81.9. The van der Waals surface area contributed by atoms with Crippen LogP contribution in [0.2, 0.25) is 0 Å². The van der Waals surface area contributed by atoms with Crippen LogP contribution in [0.1, 0.15) is 43.7 Å². The summed E-state index contributed by atoms with van der Waals surface area (Å²) in [6, 6.07) is 10.6. The molecule has 0 amide bonds. The third-order valence-electron chi connectivity index (χ3n) is 7.72. The van der Waals surface area contributed by atoms with Crippen LogP contribution >= 0.6 is 0 Å². The number of rotatable bonds is 9. The van der Waals surface area contributed by atoms with Gasteiger partial charge in [0.05, 0.1) is 16.7 Å².